The first-order chi connectivity index (χ1) is 11.1. The van der Waals surface area contributed by atoms with Gasteiger partial charge in [0.1, 0.15) is 5.82 Å². The van der Waals surface area contributed by atoms with E-state index in [9.17, 15) is 4.39 Å². The highest BCUT2D eigenvalue weighted by Gasteiger charge is 2.40. The van der Waals surface area contributed by atoms with Crippen molar-refractivity contribution in [3.05, 3.63) is 29.8 Å². The first-order valence-corrected chi connectivity index (χ1v) is 8.78. The van der Waals surface area contributed by atoms with Gasteiger partial charge in [-0.15, -0.1) is 0 Å². The molecule has 5 heteroatoms. The Morgan fingerprint density at radius 1 is 1.30 bits per heavy atom. The minimum atomic E-state index is -0.191. The van der Waals surface area contributed by atoms with E-state index in [1.807, 2.05) is 0 Å². The van der Waals surface area contributed by atoms with Crippen molar-refractivity contribution in [2.75, 3.05) is 39.3 Å². The third-order valence-electron chi connectivity index (χ3n) is 5.28. The van der Waals surface area contributed by atoms with Crippen LogP contribution in [0.5, 0.6) is 0 Å². The minimum Gasteiger partial charge on any atom is -0.372 e. The maximum atomic E-state index is 13.6. The first kappa shape index (κ1) is 16.8. The standard InChI is InChI=1S/C18H28FN3O/c1-15(2)22-12-13-23-18(14-22)6-10-21(11-7-18)9-5-17-16(19)4-3-8-20-17/h3-4,8,15H,5-7,9-14H2,1-2H3. The number of morpholine rings is 1. The van der Waals surface area contributed by atoms with Gasteiger partial charge in [0.25, 0.3) is 0 Å². The molecule has 1 aromatic heterocycles. The molecule has 0 bridgehead atoms. The van der Waals surface area contributed by atoms with Crippen molar-refractivity contribution in [2.45, 2.75) is 44.8 Å². The Balaban J connectivity index is 1.49. The number of hydrogen-bond acceptors (Lipinski definition) is 4. The molecule has 2 aliphatic rings. The van der Waals surface area contributed by atoms with Gasteiger partial charge in [-0.2, -0.15) is 0 Å². The summed E-state index contributed by atoms with van der Waals surface area (Å²) in [5.41, 5.74) is 0.614. The second-order valence-corrected chi connectivity index (χ2v) is 7.12. The van der Waals surface area contributed by atoms with E-state index in [4.69, 9.17) is 4.74 Å². The number of ether oxygens (including phenoxy) is 1. The molecule has 2 fully saturated rings. The molecule has 128 valence electrons. The predicted octanol–water partition coefficient (Wildman–Crippen LogP) is 2.34. The highest BCUT2D eigenvalue weighted by molar-refractivity contribution is 5.07. The van der Waals surface area contributed by atoms with Crippen LogP contribution in [0.25, 0.3) is 0 Å². The van der Waals surface area contributed by atoms with Crippen molar-refractivity contribution in [3.63, 3.8) is 0 Å². The molecular formula is C18H28FN3O. The molecule has 0 aliphatic carbocycles. The van der Waals surface area contributed by atoms with E-state index in [-0.39, 0.29) is 11.4 Å². The summed E-state index contributed by atoms with van der Waals surface area (Å²) in [6.45, 7) is 10.4. The average Bonchev–Trinajstić information content (AvgIpc) is 2.56. The molecule has 2 saturated heterocycles. The quantitative estimate of drug-likeness (QED) is 0.851. The van der Waals surface area contributed by atoms with Crippen LogP contribution in [-0.4, -0.2) is 65.8 Å². The van der Waals surface area contributed by atoms with E-state index in [1.165, 1.54) is 6.07 Å². The van der Waals surface area contributed by atoms with Crippen LogP contribution in [0.1, 0.15) is 32.4 Å². The Hall–Kier alpha value is -1.04. The van der Waals surface area contributed by atoms with E-state index >= 15 is 0 Å². The van der Waals surface area contributed by atoms with Crippen molar-refractivity contribution >= 4 is 0 Å². The number of aromatic nitrogens is 1. The smallest absolute Gasteiger partial charge is 0.144 e. The maximum absolute atomic E-state index is 13.6. The summed E-state index contributed by atoms with van der Waals surface area (Å²) < 4.78 is 19.8. The minimum absolute atomic E-state index is 0.0370. The van der Waals surface area contributed by atoms with Gasteiger partial charge in [-0.3, -0.25) is 9.88 Å². The Morgan fingerprint density at radius 2 is 2.09 bits per heavy atom. The second kappa shape index (κ2) is 7.24. The topological polar surface area (TPSA) is 28.6 Å². The van der Waals surface area contributed by atoms with Crippen LogP contribution in [0.15, 0.2) is 18.3 Å². The molecule has 0 amide bonds. The molecule has 0 radical (unpaired) electrons. The van der Waals surface area contributed by atoms with Gasteiger partial charge in [-0.05, 0) is 38.8 Å². The highest BCUT2D eigenvalue weighted by Crippen LogP contribution is 2.30. The number of nitrogens with zero attached hydrogens (tertiary/aromatic N) is 3. The summed E-state index contributed by atoms with van der Waals surface area (Å²) in [6, 6.07) is 3.72. The summed E-state index contributed by atoms with van der Waals surface area (Å²) in [5.74, 6) is -0.191. The number of piperidine rings is 1. The van der Waals surface area contributed by atoms with Gasteiger partial charge < -0.3 is 9.64 Å². The molecule has 3 rings (SSSR count). The molecule has 0 aromatic carbocycles. The van der Waals surface area contributed by atoms with Gasteiger partial charge in [-0.1, -0.05) is 0 Å². The van der Waals surface area contributed by atoms with Gasteiger partial charge in [0.2, 0.25) is 0 Å². The molecule has 0 saturated carbocycles. The molecule has 3 heterocycles. The number of hydrogen-bond donors (Lipinski definition) is 0. The van der Waals surface area contributed by atoms with Crippen molar-refractivity contribution in [1.82, 2.24) is 14.8 Å². The lowest BCUT2D eigenvalue weighted by Crippen LogP contribution is -2.58. The average molecular weight is 321 g/mol. The number of likely N-dealkylation sites (tertiary alicyclic amines) is 1. The van der Waals surface area contributed by atoms with E-state index in [0.29, 0.717) is 18.2 Å². The summed E-state index contributed by atoms with van der Waals surface area (Å²) in [6.07, 6.45) is 4.49. The second-order valence-electron chi connectivity index (χ2n) is 7.12. The molecule has 0 N–H and O–H groups in total. The van der Waals surface area contributed by atoms with Crippen LogP contribution in [-0.2, 0) is 11.2 Å². The number of rotatable bonds is 4. The fourth-order valence-corrected chi connectivity index (χ4v) is 3.67. The molecular weight excluding hydrogens is 293 g/mol. The van der Waals surface area contributed by atoms with Gasteiger partial charge >= 0.3 is 0 Å². The Kier molecular flexibility index (Phi) is 5.29. The highest BCUT2D eigenvalue weighted by atomic mass is 19.1. The van der Waals surface area contributed by atoms with Gasteiger partial charge in [0, 0.05) is 51.4 Å². The third-order valence-corrected chi connectivity index (χ3v) is 5.28. The van der Waals surface area contributed by atoms with E-state index in [1.54, 1.807) is 12.3 Å². The van der Waals surface area contributed by atoms with Crippen LogP contribution in [0.2, 0.25) is 0 Å². The van der Waals surface area contributed by atoms with Crippen LogP contribution in [0, 0.1) is 5.82 Å². The van der Waals surface area contributed by atoms with Gasteiger partial charge in [0.15, 0.2) is 0 Å². The van der Waals surface area contributed by atoms with Crippen molar-refractivity contribution < 1.29 is 9.13 Å². The Labute approximate surface area is 138 Å². The lowest BCUT2D eigenvalue weighted by Gasteiger charge is -2.48. The molecule has 4 nitrogen and oxygen atoms in total. The summed E-state index contributed by atoms with van der Waals surface area (Å²) in [7, 11) is 0. The number of halogens is 1. The zero-order valence-electron chi connectivity index (χ0n) is 14.3. The monoisotopic (exact) mass is 321 g/mol. The van der Waals surface area contributed by atoms with Gasteiger partial charge in [-0.25, -0.2) is 4.39 Å². The third kappa shape index (κ3) is 4.08. The molecule has 23 heavy (non-hydrogen) atoms. The largest absolute Gasteiger partial charge is 0.372 e. The molecule has 1 spiro atoms. The van der Waals surface area contributed by atoms with Crippen LogP contribution < -0.4 is 0 Å². The van der Waals surface area contributed by atoms with Crippen molar-refractivity contribution in [1.29, 1.82) is 0 Å². The van der Waals surface area contributed by atoms with Crippen molar-refractivity contribution in [3.8, 4) is 0 Å². The number of pyridine rings is 1. The van der Waals surface area contributed by atoms with Crippen LogP contribution in [0.3, 0.4) is 0 Å². The predicted molar refractivity (Wildman–Crippen MR) is 89.0 cm³/mol. The Bertz CT molecular complexity index is 515. The molecule has 0 atom stereocenters. The lowest BCUT2D eigenvalue weighted by atomic mass is 9.89. The molecule has 0 unspecified atom stereocenters. The van der Waals surface area contributed by atoms with E-state index in [2.05, 4.69) is 28.6 Å². The SMILES string of the molecule is CC(C)N1CCOC2(CCN(CCc3ncccc3F)CC2)C1. The van der Waals surface area contributed by atoms with Crippen molar-refractivity contribution in [2.24, 2.45) is 0 Å². The molecule has 1 aromatic rings. The fraction of sp³-hybridized carbons (Fsp3) is 0.722. The Morgan fingerprint density at radius 3 is 2.78 bits per heavy atom. The first-order valence-electron chi connectivity index (χ1n) is 8.78. The van der Waals surface area contributed by atoms with E-state index < -0.39 is 0 Å². The molecule has 2 aliphatic heterocycles. The normalized spacial score (nSPS) is 22.8. The van der Waals surface area contributed by atoms with E-state index in [0.717, 1.165) is 52.2 Å². The summed E-state index contributed by atoms with van der Waals surface area (Å²) in [4.78, 5) is 9.09. The fourth-order valence-electron chi connectivity index (χ4n) is 3.67. The van der Waals surface area contributed by atoms with Gasteiger partial charge in [0.05, 0.1) is 17.9 Å². The lowest BCUT2D eigenvalue weighted by molar-refractivity contribution is -0.141. The summed E-state index contributed by atoms with van der Waals surface area (Å²) in [5, 5.41) is 0. The zero-order chi connectivity index (χ0) is 16.3. The zero-order valence-corrected chi connectivity index (χ0v) is 14.3. The van der Waals surface area contributed by atoms with Crippen LogP contribution in [0.4, 0.5) is 4.39 Å². The maximum Gasteiger partial charge on any atom is 0.144 e. The summed E-state index contributed by atoms with van der Waals surface area (Å²) >= 11 is 0. The van der Waals surface area contributed by atoms with Crippen LogP contribution >= 0.6 is 0 Å².